The van der Waals surface area contributed by atoms with Gasteiger partial charge in [-0.05, 0) is 71.8 Å². The normalized spacial score (nSPS) is 37.8. The van der Waals surface area contributed by atoms with E-state index in [4.69, 9.17) is 0 Å². The Morgan fingerprint density at radius 3 is 2.76 bits per heavy atom. The van der Waals surface area contributed by atoms with E-state index in [-0.39, 0.29) is 0 Å². The highest BCUT2D eigenvalue weighted by Gasteiger charge is 2.48. The third-order valence-corrected chi connectivity index (χ3v) is 12.4. The van der Waals surface area contributed by atoms with Crippen molar-refractivity contribution in [2.45, 2.75) is 74.3 Å². The van der Waals surface area contributed by atoms with Crippen molar-refractivity contribution < 1.29 is 0 Å². The third kappa shape index (κ3) is 4.06. The summed E-state index contributed by atoms with van der Waals surface area (Å²) in [5.41, 5.74) is 6.15. The van der Waals surface area contributed by atoms with E-state index in [0.717, 1.165) is 36.5 Å². The Kier molecular flexibility index (Phi) is 6.36. The molecular weight excluding hydrogens is 428 g/mol. The van der Waals surface area contributed by atoms with Crippen LogP contribution in [0.4, 0.5) is 0 Å². The molecule has 0 amide bonds. The van der Waals surface area contributed by atoms with Crippen molar-refractivity contribution in [3.63, 3.8) is 0 Å². The quantitative estimate of drug-likeness (QED) is 0.403. The molecule has 34 heavy (non-hydrogen) atoms. The van der Waals surface area contributed by atoms with Crippen molar-refractivity contribution in [1.29, 1.82) is 0 Å². The fourth-order valence-electron chi connectivity index (χ4n) is 7.41. The van der Waals surface area contributed by atoms with E-state index >= 15 is 0 Å². The first-order valence-electron chi connectivity index (χ1n) is 13.5. The predicted molar refractivity (Wildman–Crippen MR) is 147 cm³/mol. The third-order valence-electron chi connectivity index (χ3n) is 9.05. The van der Waals surface area contributed by atoms with Crippen LogP contribution >= 0.6 is 0 Å². The summed E-state index contributed by atoms with van der Waals surface area (Å²) in [7, 11) is -0.428. The molecule has 1 N–H and O–H groups in total. The lowest BCUT2D eigenvalue weighted by Crippen LogP contribution is -2.60. The maximum atomic E-state index is 3.68. The second-order valence-electron chi connectivity index (χ2n) is 11.2. The van der Waals surface area contributed by atoms with Gasteiger partial charge in [0.2, 0.25) is 0 Å². The van der Waals surface area contributed by atoms with Gasteiger partial charge in [0, 0.05) is 24.7 Å². The van der Waals surface area contributed by atoms with Crippen molar-refractivity contribution in [2.24, 2.45) is 5.92 Å². The highest BCUT2D eigenvalue weighted by molar-refractivity contribution is 6.62. The zero-order valence-electron chi connectivity index (χ0n) is 20.7. The summed E-state index contributed by atoms with van der Waals surface area (Å²) < 4.78 is 0. The maximum absolute atomic E-state index is 3.68. The summed E-state index contributed by atoms with van der Waals surface area (Å²) >= 11 is 0. The number of nitrogens with zero attached hydrogens (tertiary/aromatic N) is 1. The number of allylic oxidation sites excluding steroid dienone is 5. The van der Waals surface area contributed by atoms with Crippen molar-refractivity contribution >= 4 is 14.4 Å². The van der Waals surface area contributed by atoms with Crippen LogP contribution in [0.25, 0.3) is 5.57 Å². The van der Waals surface area contributed by atoms with Crippen LogP contribution in [0.1, 0.15) is 49.7 Å². The van der Waals surface area contributed by atoms with Gasteiger partial charge in [-0.25, -0.2) is 0 Å². The molecule has 2 fully saturated rings. The summed E-state index contributed by atoms with van der Waals surface area (Å²) in [5.74, 6) is 1.36. The van der Waals surface area contributed by atoms with E-state index < -0.39 is 8.80 Å². The second kappa shape index (κ2) is 9.60. The maximum Gasteiger partial charge on any atom is 0.0599 e. The van der Waals surface area contributed by atoms with E-state index in [2.05, 4.69) is 103 Å². The number of hydrogen-bond donors (Lipinski definition) is 1. The van der Waals surface area contributed by atoms with Gasteiger partial charge in [0.15, 0.2) is 0 Å². The van der Waals surface area contributed by atoms with E-state index in [1.54, 1.807) is 5.56 Å². The molecule has 1 radical (unpaired) electrons. The lowest BCUT2D eigenvalue weighted by atomic mass is 9.80. The van der Waals surface area contributed by atoms with E-state index in [0.29, 0.717) is 24.0 Å². The topological polar surface area (TPSA) is 15.3 Å². The molecule has 6 rings (SSSR count). The molecule has 0 bridgehead atoms. The molecule has 7 atom stereocenters. The van der Waals surface area contributed by atoms with E-state index in [1.165, 1.54) is 30.4 Å². The average Bonchev–Trinajstić information content (AvgIpc) is 2.89. The van der Waals surface area contributed by atoms with Crippen molar-refractivity contribution in [2.75, 3.05) is 13.1 Å². The van der Waals surface area contributed by atoms with Crippen LogP contribution in [0.3, 0.4) is 0 Å². The first kappa shape index (κ1) is 22.5. The molecule has 2 saturated heterocycles. The zero-order valence-corrected chi connectivity index (χ0v) is 21.7. The zero-order chi connectivity index (χ0) is 23.1. The minimum atomic E-state index is -0.428. The van der Waals surface area contributed by atoms with Crippen LogP contribution in [-0.2, 0) is 0 Å². The Labute approximate surface area is 207 Å². The van der Waals surface area contributed by atoms with E-state index in [1.807, 2.05) is 0 Å². The number of hydrogen-bond acceptors (Lipinski definition) is 2. The molecule has 3 heteroatoms. The Balaban J connectivity index is 1.31. The van der Waals surface area contributed by atoms with Gasteiger partial charge in [-0.3, -0.25) is 4.90 Å². The van der Waals surface area contributed by atoms with Gasteiger partial charge in [0.1, 0.15) is 0 Å². The molecule has 0 spiro atoms. The van der Waals surface area contributed by atoms with Crippen molar-refractivity contribution in [3.8, 4) is 0 Å². The molecule has 5 aliphatic rings. The molecule has 0 saturated carbocycles. The van der Waals surface area contributed by atoms with Gasteiger partial charge in [-0.15, -0.1) is 0 Å². The highest BCUT2D eigenvalue weighted by Crippen LogP contribution is 2.48. The molecule has 177 valence electrons. The molecule has 1 aromatic rings. The second-order valence-corrected chi connectivity index (χ2v) is 14.1. The molecular formula is C31H39N2Si. The van der Waals surface area contributed by atoms with Gasteiger partial charge in [-0.1, -0.05) is 92.4 Å². The molecule has 6 unspecified atom stereocenters. The summed E-state index contributed by atoms with van der Waals surface area (Å²) in [6.45, 7) is 7.26. The Morgan fingerprint density at radius 2 is 1.85 bits per heavy atom. The number of fused-ring (bicyclic) bond motifs is 2. The average molecular weight is 468 g/mol. The van der Waals surface area contributed by atoms with Gasteiger partial charge < -0.3 is 5.32 Å². The van der Waals surface area contributed by atoms with Gasteiger partial charge in [-0.2, -0.15) is 0 Å². The molecule has 0 aromatic heterocycles. The first-order chi connectivity index (χ1) is 16.7. The van der Waals surface area contributed by atoms with Crippen LogP contribution in [0.15, 0.2) is 78.9 Å². The Bertz CT molecular complexity index is 1050. The number of piperidine rings is 1. The molecule has 3 aliphatic carbocycles. The standard InChI is InChI=1S/C31H39N2Si/c1-22-18-24(21-32-20-22)27-13-4-3-12-26(27)23-10-9-11-25(19-23)33-28-14-5-7-16-30(28)34(2)31-17-8-6-15-29(31)33/h3-7,9-16,22,24-25,28-32H,8,17-21H2,1-2H3/t22?,24-,25?,28?,29?,30?,31?/m1/s1. The fraction of sp³-hybridized carbons (Fsp3) is 0.484. The molecule has 2 aliphatic heterocycles. The summed E-state index contributed by atoms with van der Waals surface area (Å²) in [4.78, 5) is 2.90. The van der Waals surface area contributed by atoms with Crippen LogP contribution in [0.5, 0.6) is 0 Å². The first-order valence-corrected chi connectivity index (χ1v) is 15.7. The van der Waals surface area contributed by atoms with Crippen LogP contribution in [0, 0.1) is 5.92 Å². The molecule has 2 nitrogen and oxygen atoms in total. The number of benzene rings is 1. The predicted octanol–water partition coefficient (Wildman–Crippen LogP) is 6.51. The van der Waals surface area contributed by atoms with Crippen LogP contribution < -0.4 is 5.32 Å². The largest absolute Gasteiger partial charge is 0.316 e. The summed E-state index contributed by atoms with van der Waals surface area (Å²) in [5, 5.41) is 3.68. The summed E-state index contributed by atoms with van der Waals surface area (Å²) in [6, 6.07) is 10.9. The Morgan fingerprint density at radius 1 is 0.971 bits per heavy atom. The SMILES string of the molecule is CC1CNC[C@H](c2ccccc2C2=CC=CC(N3C4C=CC=CC4[Si](C)C4CCC=CC43)C2)C1. The Hall–Kier alpha value is -1.94. The van der Waals surface area contributed by atoms with Gasteiger partial charge in [0.25, 0.3) is 0 Å². The number of rotatable bonds is 3. The fourth-order valence-corrected chi connectivity index (χ4v) is 10.6. The lowest BCUT2D eigenvalue weighted by molar-refractivity contribution is 0.125. The van der Waals surface area contributed by atoms with Crippen molar-refractivity contribution in [3.05, 3.63) is 90.1 Å². The monoisotopic (exact) mass is 467 g/mol. The van der Waals surface area contributed by atoms with Gasteiger partial charge >= 0.3 is 0 Å². The van der Waals surface area contributed by atoms with E-state index in [9.17, 15) is 0 Å². The molecule has 1 aromatic carbocycles. The number of nitrogens with one attached hydrogen (secondary N) is 1. The van der Waals surface area contributed by atoms with Crippen LogP contribution in [-0.4, -0.2) is 44.9 Å². The molecule has 2 heterocycles. The summed E-state index contributed by atoms with van der Waals surface area (Å²) in [6.07, 6.45) is 27.0. The minimum absolute atomic E-state index is 0.428. The smallest absolute Gasteiger partial charge is 0.0599 e. The van der Waals surface area contributed by atoms with Crippen LogP contribution in [0.2, 0.25) is 17.6 Å². The lowest BCUT2D eigenvalue weighted by Gasteiger charge is -2.55. The van der Waals surface area contributed by atoms with Crippen molar-refractivity contribution in [1.82, 2.24) is 10.2 Å². The highest BCUT2D eigenvalue weighted by atomic mass is 28.3. The van der Waals surface area contributed by atoms with Gasteiger partial charge in [0.05, 0.1) is 8.80 Å². The minimum Gasteiger partial charge on any atom is -0.316 e.